The summed E-state index contributed by atoms with van der Waals surface area (Å²) in [5.74, 6) is 3.75. The maximum Gasteiger partial charge on any atom is 1.00 e. The summed E-state index contributed by atoms with van der Waals surface area (Å²) < 4.78 is 57.2. The minimum atomic E-state index is -5.08. The standard InChI is InChI=1S/C28H42O9S.Na/c29-27(36-9-7-34-24-13-16-11-22(24)20-5-1-3-18(16)20)15-26(38(31,32)33)28(30)37-10-8-35-25-14-17-12-23(25)21-6-2-4-19(17)21;/h16-26H,1-15H2,(H,31,32,33);/q;+1/p-1. The van der Waals surface area contributed by atoms with Crippen LogP contribution in [0.25, 0.3) is 0 Å². The molecule has 11 heteroatoms. The Hall–Kier alpha value is -0.230. The van der Waals surface area contributed by atoms with Crippen molar-refractivity contribution in [3.63, 3.8) is 0 Å². The molecule has 6 aliphatic carbocycles. The molecule has 0 N–H and O–H groups in total. The Morgan fingerprint density at radius 2 is 1.18 bits per heavy atom. The van der Waals surface area contributed by atoms with Crippen LogP contribution >= 0.6 is 0 Å². The van der Waals surface area contributed by atoms with E-state index in [1.807, 2.05) is 0 Å². The summed E-state index contributed by atoms with van der Waals surface area (Å²) in [4.78, 5) is 24.6. The van der Waals surface area contributed by atoms with E-state index in [2.05, 4.69) is 0 Å². The van der Waals surface area contributed by atoms with Gasteiger partial charge in [-0.1, -0.05) is 12.8 Å². The maximum absolute atomic E-state index is 12.4. The van der Waals surface area contributed by atoms with E-state index >= 15 is 0 Å². The normalized spacial score (nSPS) is 40.2. The first-order chi connectivity index (χ1) is 18.3. The van der Waals surface area contributed by atoms with Gasteiger partial charge in [-0.05, 0) is 98.7 Å². The fourth-order valence-electron chi connectivity index (χ4n) is 9.70. The second-order valence-electron chi connectivity index (χ2n) is 12.7. The minimum Gasteiger partial charge on any atom is -0.747 e. The molecule has 0 amide bonds. The van der Waals surface area contributed by atoms with Crippen LogP contribution in [0.3, 0.4) is 0 Å². The molecule has 6 fully saturated rings. The van der Waals surface area contributed by atoms with Gasteiger partial charge in [0, 0.05) is 0 Å². The van der Waals surface area contributed by atoms with Crippen LogP contribution in [0.5, 0.6) is 0 Å². The quantitative estimate of drug-likeness (QED) is 0.137. The van der Waals surface area contributed by atoms with Gasteiger partial charge in [0.1, 0.15) is 23.3 Å². The van der Waals surface area contributed by atoms with Gasteiger partial charge in [0.05, 0.1) is 31.8 Å². The van der Waals surface area contributed by atoms with Gasteiger partial charge in [-0.15, -0.1) is 0 Å². The summed E-state index contributed by atoms with van der Waals surface area (Å²) in [6.07, 6.45) is 11.9. The fraction of sp³-hybridized carbons (Fsp3) is 0.929. The Morgan fingerprint density at radius 1 is 0.692 bits per heavy atom. The zero-order valence-electron chi connectivity index (χ0n) is 23.0. The molecule has 0 radical (unpaired) electrons. The van der Waals surface area contributed by atoms with Crippen molar-refractivity contribution in [2.24, 2.45) is 47.3 Å². The second kappa shape index (κ2) is 12.6. The number of ether oxygens (including phenoxy) is 4. The van der Waals surface area contributed by atoms with Crippen LogP contribution < -0.4 is 29.6 Å². The average Bonchev–Trinajstić information content (AvgIpc) is 3.69. The van der Waals surface area contributed by atoms with Gasteiger partial charge in [-0.2, -0.15) is 0 Å². The average molecular weight is 577 g/mol. The Labute approximate surface area is 253 Å². The van der Waals surface area contributed by atoms with Crippen molar-refractivity contribution in [2.75, 3.05) is 26.4 Å². The summed E-state index contributed by atoms with van der Waals surface area (Å²) in [5.41, 5.74) is 0. The van der Waals surface area contributed by atoms with Gasteiger partial charge in [0.25, 0.3) is 0 Å². The van der Waals surface area contributed by atoms with E-state index in [9.17, 15) is 22.6 Å². The zero-order valence-corrected chi connectivity index (χ0v) is 25.9. The Morgan fingerprint density at radius 3 is 1.69 bits per heavy atom. The number of hydrogen-bond acceptors (Lipinski definition) is 9. The molecule has 4 bridgehead atoms. The number of carbonyl (C=O) groups excluding carboxylic acids is 2. The van der Waals surface area contributed by atoms with Gasteiger partial charge in [0.2, 0.25) is 0 Å². The van der Waals surface area contributed by atoms with Crippen molar-refractivity contribution in [2.45, 2.75) is 88.1 Å². The minimum absolute atomic E-state index is 0. The van der Waals surface area contributed by atoms with Gasteiger partial charge in [-0.25, -0.2) is 8.42 Å². The van der Waals surface area contributed by atoms with Crippen LogP contribution in [0.1, 0.15) is 70.6 Å². The van der Waals surface area contributed by atoms with Crippen molar-refractivity contribution in [1.29, 1.82) is 0 Å². The summed E-state index contributed by atoms with van der Waals surface area (Å²) in [5, 5.41) is -2.12. The molecule has 0 aromatic heterocycles. The van der Waals surface area contributed by atoms with Gasteiger partial charge in [0.15, 0.2) is 5.25 Å². The molecule has 39 heavy (non-hydrogen) atoms. The number of fused-ring (bicyclic) bond motifs is 10. The van der Waals surface area contributed by atoms with E-state index < -0.39 is 33.7 Å². The number of carbonyl (C=O) groups is 2. The molecule has 0 aromatic carbocycles. The fourth-order valence-corrected chi connectivity index (χ4v) is 10.3. The summed E-state index contributed by atoms with van der Waals surface area (Å²) >= 11 is 0. The van der Waals surface area contributed by atoms with Gasteiger partial charge in [-0.3, -0.25) is 9.59 Å². The summed E-state index contributed by atoms with van der Waals surface area (Å²) in [7, 11) is -5.08. The van der Waals surface area contributed by atoms with E-state index in [-0.39, 0.29) is 68.2 Å². The number of esters is 2. The predicted octanol–water partition coefficient (Wildman–Crippen LogP) is 0.0633. The Balaban J connectivity index is 0.00000308. The first-order valence-electron chi connectivity index (χ1n) is 14.8. The first-order valence-corrected chi connectivity index (χ1v) is 16.3. The molecule has 0 spiro atoms. The summed E-state index contributed by atoms with van der Waals surface area (Å²) in [6.45, 7) is 0.176. The maximum atomic E-state index is 12.4. The van der Waals surface area contributed by atoms with E-state index in [1.54, 1.807) is 0 Å². The molecule has 11 atom stereocenters. The molecular formula is C28H41NaO9S. The smallest absolute Gasteiger partial charge is 0.747 e. The molecule has 6 saturated carbocycles. The SMILES string of the molecule is O=C(CC(C(=O)OCCOC1CC2CC1C1CCCC21)S(=O)(=O)[O-])OCCOC1CC2CC1C1CCCC21.[Na+]. The van der Waals surface area contributed by atoms with Crippen LogP contribution in [0.4, 0.5) is 0 Å². The van der Waals surface area contributed by atoms with Crippen LogP contribution in [0.15, 0.2) is 0 Å². The van der Waals surface area contributed by atoms with Crippen molar-refractivity contribution < 1.29 is 71.1 Å². The molecule has 11 unspecified atom stereocenters. The van der Waals surface area contributed by atoms with Crippen molar-refractivity contribution >= 4 is 22.1 Å². The molecule has 0 aromatic rings. The molecule has 0 heterocycles. The Kier molecular flexibility index (Phi) is 9.74. The Bertz CT molecular complexity index is 1000. The third kappa shape index (κ3) is 6.27. The molecule has 0 aliphatic heterocycles. The third-order valence-electron chi connectivity index (χ3n) is 11.0. The summed E-state index contributed by atoms with van der Waals surface area (Å²) in [6, 6.07) is 0. The van der Waals surface area contributed by atoms with Crippen LogP contribution in [0, 0.1) is 47.3 Å². The molecule has 214 valence electrons. The molecule has 6 rings (SSSR count). The zero-order chi connectivity index (χ0) is 26.4. The second-order valence-corrected chi connectivity index (χ2v) is 14.3. The van der Waals surface area contributed by atoms with E-state index in [0.29, 0.717) is 11.8 Å². The van der Waals surface area contributed by atoms with Crippen molar-refractivity contribution in [1.82, 2.24) is 0 Å². The van der Waals surface area contributed by atoms with Crippen LogP contribution in [-0.4, -0.2) is 68.8 Å². The predicted molar refractivity (Wildman–Crippen MR) is 134 cm³/mol. The third-order valence-corrected chi connectivity index (χ3v) is 12.1. The van der Waals surface area contributed by atoms with Gasteiger partial charge >= 0.3 is 41.5 Å². The monoisotopic (exact) mass is 576 g/mol. The van der Waals surface area contributed by atoms with E-state index in [1.165, 1.54) is 51.4 Å². The number of hydrogen-bond donors (Lipinski definition) is 0. The molecule has 6 aliphatic rings. The van der Waals surface area contributed by atoms with Crippen LogP contribution in [0.2, 0.25) is 0 Å². The van der Waals surface area contributed by atoms with E-state index in [0.717, 1.165) is 48.3 Å². The van der Waals surface area contributed by atoms with Gasteiger partial charge < -0.3 is 23.5 Å². The van der Waals surface area contributed by atoms with Crippen LogP contribution in [-0.2, 0) is 38.7 Å². The largest absolute Gasteiger partial charge is 1.00 e. The molecule has 0 saturated heterocycles. The van der Waals surface area contributed by atoms with E-state index in [4.69, 9.17) is 18.9 Å². The van der Waals surface area contributed by atoms with Crippen molar-refractivity contribution in [3.8, 4) is 0 Å². The van der Waals surface area contributed by atoms with Crippen molar-refractivity contribution in [3.05, 3.63) is 0 Å². The first kappa shape index (κ1) is 30.2. The molecule has 9 nitrogen and oxygen atoms in total. The topological polar surface area (TPSA) is 128 Å². The number of rotatable bonds is 12. The molecular weight excluding hydrogens is 535 g/mol.